The molecule has 0 aliphatic rings. The van der Waals surface area contributed by atoms with Gasteiger partial charge in [-0.2, -0.15) is 0 Å². The van der Waals surface area contributed by atoms with Gasteiger partial charge in [0.25, 0.3) is 5.56 Å². The first-order valence-corrected chi connectivity index (χ1v) is 4.21. The van der Waals surface area contributed by atoms with Gasteiger partial charge in [0, 0.05) is 11.8 Å². The second-order valence-electron chi connectivity index (χ2n) is 3.14. The number of nitrogens with two attached hydrogens (primary N) is 1. The zero-order valence-electron chi connectivity index (χ0n) is 8.06. The topological polar surface area (TPSA) is 118 Å². The Kier molecular flexibility index (Phi) is 3.05. The van der Waals surface area contributed by atoms with Crippen LogP contribution in [0.4, 0.5) is 0 Å². The molecule has 1 atom stereocenters. The average Bonchev–Trinajstić information content (AvgIpc) is 2.10. The van der Waals surface area contributed by atoms with Crippen molar-refractivity contribution in [3.63, 3.8) is 0 Å². The molecule has 0 bridgehead atoms. The Morgan fingerprint density at radius 3 is 2.73 bits per heavy atom. The maximum Gasteiger partial charge on any atom is 0.328 e. The van der Waals surface area contributed by atoms with E-state index in [-0.39, 0.29) is 6.54 Å². The van der Waals surface area contributed by atoms with Gasteiger partial charge >= 0.3 is 11.7 Å². The summed E-state index contributed by atoms with van der Waals surface area (Å²) in [5, 5.41) is 8.57. The van der Waals surface area contributed by atoms with Gasteiger partial charge in [-0.15, -0.1) is 0 Å². The summed E-state index contributed by atoms with van der Waals surface area (Å²) in [5.74, 6) is -1.20. The van der Waals surface area contributed by atoms with E-state index in [1.54, 1.807) is 0 Å². The highest BCUT2D eigenvalue weighted by Gasteiger charge is 2.14. The van der Waals surface area contributed by atoms with Crippen LogP contribution in [0.1, 0.15) is 5.69 Å². The number of aromatic nitrogens is 2. The van der Waals surface area contributed by atoms with Crippen LogP contribution in [-0.4, -0.2) is 26.7 Å². The number of rotatable bonds is 3. The standard InChI is InChI=1S/C8H11N3O4/c1-4-2-6(12)10-8(15)11(4)3-5(9)7(13)14/h2,5H,3,9H2,1H3,(H,13,14)(H,10,12,15)/t5-/m0/s1. The number of aryl methyl sites for hydroxylation is 1. The summed E-state index contributed by atoms with van der Waals surface area (Å²) < 4.78 is 1.11. The van der Waals surface area contributed by atoms with Gasteiger partial charge in [-0.3, -0.25) is 19.1 Å². The molecule has 0 aromatic carbocycles. The van der Waals surface area contributed by atoms with Crippen LogP contribution >= 0.6 is 0 Å². The molecule has 1 aromatic heterocycles. The highest BCUT2D eigenvalue weighted by atomic mass is 16.4. The fraction of sp³-hybridized carbons (Fsp3) is 0.375. The maximum absolute atomic E-state index is 11.3. The van der Waals surface area contributed by atoms with Crippen molar-refractivity contribution >= 4 is 5.97 Å². The maximum atomic E-state index is 11.3. The number of aliphatic carboxylic acids is 1. The van der Waals surface area contributed by atoms with Crippen molar-refractivity contribution in [2.75, 3.05) is 0 Å². The van der Waals surface area contributed by atoms with E-state index < -0.39 is 23.3 Å². The highest BCUT2D eigenvalue weighted by molar-refractivity contribution is 5.72. The zero-order chi connectivity index (χ0) is 11.6. The Hall–Kier alpha value is -1.89. The molecule has 7 nitrogen and oxygen atoms in total. The lowest BCUT2D eigenvalue weighted by Gasteiger charge is -2.11. The van der Waals surface area contributed by atoms with E-state index in [0.717, 1.165) is 4.57 Å². The third kappa shape index (κ3) is 2.53. The van der Waals surface area contributed by atoms with Crippen molar-refractivity contribution in [1.29, 1.82) is 0 Å². The molecule has 0 fully saturated rings. The fourth-order valence-corrected chi connectivity index (χ4v) is 1.14. The monoisotopic (exact) mass is 213 g/mol. The second kappa shape index (κ2) is 4.09. The first-order chi connectivity index (χ1) is 6.91. The number of H-pyrrole nitrogens is 1. The van der Waals surface area contributed by atoms with Crippen LogP contribution in [0, 0.1) is 6.92 Å². The van der Waals surface area contributed by atoms with E-state index in [1.165, 1.54) is 13.0 Å². The van der Waals surface area contributed by atoms with Crippen LogP contribution in [0.15, 0.2) is 15.7 Å². The molecule has 4 N–H and O–H groups in total. The molecule has 0 spiro atoms. The summed E-state index contributed by atoms with van der Waals surface area (Å²) in [6, 6.07) is 0.0305. The number of nitrogens with one attached hydrogen (secondary N) is 1. The van der Waals surface area contributed by atoms with Crippen LogP contribution in [-0.2, 0) is 11.3 Å². The fourth-order valence-electron chi connectivity index (χ4n) is 1.14. The Labute approximate surface area is 84.2 Å². The zero-order valence-corrected chi connectivity index (χ0v) is 8.06. The molecule has 0 saturated heterocycles. The van der Waals surface area contributed by atoms with Crippen LogP contribution < -0.4 is 17.0 Å². The molecule has 0 unspecified atom stereocenters. The normalized spacial score (nSPS) is 12.4. The lowest BCUT2D eigenvalue weighted by molar-refractivity contribution is -0.138. The summed E-state index contributed by atoms with van der Waals surface area (Å²) in [4.78, 5) is 34.7. The van der Waals surface area contributed by atoms with E-state index in [9.17, 15) is 14.4 Å². The molecule has 1 rings (SSSR count). The predicted octanol–water partition coefficient (Wildman–Crippen LogP) is -1.74. The Bertz CT molecular complexity index is 487. The van der Waals surface area contributed by atoms with Gasteiger partial charge in [0.05, 0.1) is 6.54 Å². The average molecular weight is 213 g/mol. The molecule has 15 heavy (non-hydrogen) atoms. The predicted molar refractivity (Wildman–Crippen MR) is 51.7 cm³/mol. The third-order valence-electron chi connectivity index (χ3n) is 1.94. The minimum absolute atomic E-state index is 0.170. The molecule has 1 heterocycles. The largest absolute Gasteiger partial charge is 0.480 e. The number of carbonyl (C=O) groups is 1. The van der Waals surface area contributed by atoms with E-state index in [2.05, 4.69) is 0 Å². The summed E-state index contributed by atoms with van der Waals surface area (Å²) >= 11 is 0. The van der Waals surface area contributed by atoms with Crippen LogP contribution in [0.25, 0.3) is 0 Å². The highest BCUT2D eigenvalue weighted by Crippen LogP contribution is 1.91. The van der Waals surface area contributed by atoms with Crippen LogP contribution in [0.3, 0.4) is 0 Å². The van der Waals surface area contributed by atoms with Gasteiger partial charge < -0.3 is 10.8 Å². The molecule has 0 aliphatic carbocycles. The van der Waals surface area contributed by atoms with Crippen molar-refractivity contribution in [1.82, 2.24) is 9.55 Å². The summed E-state index contributed by atoms with van der Waals surface area (Å²) in [6.07, 6.45) is 0. The van der Waals surface area contributed by atoms with Gasteiger partial charge in [-0.25, -0.2) is 4.79 Å². The quantitative estimate of drug-likeness (QED) is 0.550. The van der Waals surface area contributed by atoms with Gasteiger partial charge in [-0.05, 0) is 6.92 Å². The Balaban J connectivity index is 3.11. The number of carboxylic acids is 1. The van der Waals surface area contributed by atoms with Crippen molar-refractivity contribution in [3.8, 4) is 0 Å². The smallest absolute Gasteiger partial charge is 0.328 e. The van der Waals surface area contributed by atoms with Gasteiger partial charge in [-0.1, -0.05) is 0 Å². The van der Waals surface area contributed by atoms with E-state index in [1.807, 2.05) is 4.98 Å². The van der Waals surface area contributed by atoms with Gasteiger partial charge in [0.1, 0.15) is 6.04 Å². The van der Waals surface area contributed by atoms with E-state index in [4.69, 9.17) is 10.8 Å². The van der Waals surface area contributed by atoms with Crippen LogP contribution in [0.2, 0.25) is 0 Å². The SMILES string of the molecule is Cc1cc(=O)[nH]c(=O)n1C[C@H](N)C(=O)O. The third-order valence-corrected chi connectivity index (χ3v) is 1.94. The molecule has 0 amide bonds. The molecule has 0 aliphatic heterocycles. The molecule has 0 saturated carbocycles. The summed E-state index contributed by atoms with van der Waals surface area (Å²) in [5.41, 5.74) is 4.48. The Morgan fingerprint density at radius 2 is 2.27 bits per heavy atom. The molecular weight excluding hydrogens is 202 g/mol. The van der Waals surface area contributed by atoms with Crippen LogP contribution in [0.5, 0.6) is 0 Å². The van der Waals surface area contributed by atoms with Crippen molar-refractivity contribution in [3.05, 3.63) is 32.6 Å². The minimum Gasteiger partial charge on any atom is -0.480 e. The number of hydrogen-bond donors (Lipinski definition) is 3. The molecule has 1 aromatic rings. The molecule has 0 radical (unpaired) electrons. The Morgan fingerprint density at radius 1 is 1.67 bits per heavy atom. The van der Waals surface area contributed by atoms with Crippen molar-refractivity contribution in [2.45, 2.75) is 19.5 Å². The lowest BCUT2D eigenvalue weighted by Crippen LogP contribution is -2.41. The first kappa shape index (κ1) is 11.2. The number of carboxylic acid groups (broad SMARTS) is 1. The first-order valence-electron chi connectivity index (χ1n) is 4.21. The summed E-state index contributed by atoms with van der Waals surface area (Å²) in [7, 11) is 0. The number of aromatic amines is 1. The second-order valence-corrected chi connectivity index (χ2v) is 3.14. The number of nitrogens with zero attached hydrogens (tertiary/aromatic N) is 1. The number of hydrogen-bond acceptors (Lipinski definition) is 4. The molecule has 7 heteroatoms. The lowest BCUT2D eigenvalue weighted by atomic mass is 10.3. The molecule has 82 valence electrons. The van der Waals surface area contributed by atoms with E-state index in [0.29, 0.717) is 5.69 Å². The van der Waals surface area contributed by atoms with Crippen molar-refractivity contribution in [2.24, 2.45) is 5.73 Å². The minimum atomic E-state index is -1.20. The van der Waals surface area contributed by atoms with Crippen molar-refractivity contribution < 1.29 is 9.90 Å². The molecular formula is C8H11N3O4. The van der Waals surface area contributed by atoms with Gasteiger partial charge in [0.15, 0.2) is 0 Å². The van der Waals surface area contributed by atoms with Gasteiger partial charge in [0.2, 0.25) is 0 Å². The van der Waals surface area contributed by atoms with E-state index >= 15 is 0 Å². The summed E-state index contributed by atoms with van der Waals surface area (Å²) in [6.45, 7) is 1.36.